The van der Waals surface area contributed by atoms with Crippen LogP contribution >= 0.6 is 0 Å². The zero-order valence-electron chi connectivity index (χ0n) is 10.4. The number of aromatic nitrogens is 1. The Labute approximate surface area is 115 Å². The summed E-state index contributed by atoms with van der Waals surface area (Å²) in [6, 6.07) is 11.6. The van der Waals surface area contributed by atoms with Gasteiger partial charge in [-0.2, -0.15) is 0 Å². The SMILES string of the molecule is O=C([O-])/C(=C/c1ccncc1)NC(=O)c1ccccc1. The van der Waals surface area contributed by atoms with Crippen LogP contribution in [0.2, 0.25) is 0 Å². The first-order valence-corrected chi connectivity index (χ1v) is 5.86. The van der Waals surface area contributed by atoms with Crippen molar-refractivity contribution in [3.05, 3.63) is 71.7 Å². The fourth-order valence-electron chi connectivity index (χ4n) is 1.56. The summed E-state index contributed by atoms with van der Waals surface area (Å²) in [6.45, 7) is 0. The van der Waals surface area contributed by atoms with E-state index in [1.165, 1.54) is 18.5 Å². The third-order valence-electron chi connectivity index (χ3n) is 2.52. The zero-order chi connectivity index (χ0) is 14.4. The van der Waals surface area contributed by atoms with E-state index in [0.717, 1.165) is 0 Å². The number of pyridine rings is 1. The lowest BCUT2D eigenvalue weighted by molar-refractivity contribution is -0.299. The predicted octanol–water partition coefficient (Wildman–Crippen LogP) is 0.602. The van der Waals surface area contributed by atoms with Crippen molar-refractivity contribution in [1.29, 1.82) is 0 Å². The smallest absolute Gasteiger partial charge is 0.255 e. The average molecular weight is 267 g/mol. The normalized spacial score (nSPS) is 10.9. The van der Waals surface area contributed by atoms with E-state index in [1.54, 1.807) is 42.5 Å². The molecule has 0 saturated carbocycles. The lowest BCUT2D eigenvalue weighted by Gasteiger charge is -2.11. The summed E-state index contributed by atoms with van der Waals surface area (Å²) < 4.78 is 0. The van der Waals surface area contributed by atoms with Gasteiger partial charge in [0.15, 0.2) is 0 Å². The summed E-state index contributed by atoms with van der Waals surface area (Å²) >= 11 is 0. The summed E-state index contributed by atoms with van der Waals surface area (Å²) in [6.07, 6.45) is 4.37. The van der Waals surface area contributed by atoms with Crippen molar-refractivity contribution in [2.45, 2.75) is 0 Å². The number of carbonyl (C=O) groups is 2. The molecule has 100 valence electrons. The van der Waals surface area contributed by atoms with Crippen LogP contribution < -0.4 is 10.4 Å². The van der Waals surface area contributed by atoms with Gasteiger partial charge in [-0.1, -0.05) is 18.2 Å². The highest BCUT2D eigenvalue weighted by Crippen LogP contribution is 2.05. The highest BCUT2D eigenvalue weighted by Gasteiger charge is 2.08. The highest BCUT2D eigenvalue weighted by atomic mass is 16.4. The minimum atomic E-state index is -1.45. The summed E-state index contributed by atoms with van der Waals surface area (Å²) in [5.41, 5.74) is 0.673. The molecule has 1 N–H and O–H groups in total. The summed E-state index contributed by atoms with van der Waals surface area (Å²) in [4.78, 5) is 26.8. The number of aliphatic carboxylic acids is 1. The number of benzene rings is 1. The Morgan fingerprint density at radius 3 is 2.30 bits per heavy atom. The Morgan fingerprint density at radius 1 is 1.05 bits per heavy atom. The molecule has 20 heavy (non-hydrogen) atoms. The van der Waals surface area contributed by atoms with E-state index < -0.39 is 11.9 Å². The van der Waals surface area contributed by atoms with Crippen LogP contribution in [0, 0.1) is 0 Å². The van der Waals surface area contributed by atoms with E-state index in [0.29, 0.717) is 11.1 Å². The minimum absolute atomic E-state index is 0.301. The molecule has 0 radical (unpaired) electrons. The number of carboxylic acid groups (broad SMARTS) is 1. The third kappa shape index (κ3) is 3.52. The van der Waals surface area contributed by atoms with E-state index in [9.17, 15) is 14.7 Å². The van der Waals surface area contributed by atoms with Crippen molar-refractivity contribution in [3.63, 3.8) is 0 Å². The van der Waals surface area contributed by atoms with Crippen molar-refractivity contribution in [3.8, 4) is 0 Å². The van der Waals surface area contributed by atoms with E-state index in [1.807, 2.05) is 0 Å². The summed E-state index contributed by atoms with van der Waals surface area (Å²) in [5.74, 6) is -1.96. The fraction of sp³-hybridized carbons (Fsp3) is 0. The van der Waals surface area contributed by atoms with Crippen LogP contribution in [0.3, 0.4) is 0 Å². The van der Waals surface area contributed by atoms with Crippen molar-refractivity contribution < 1.29 is 14.7 Å². The number of hydrogen-bond donors (Lipinski definition) is 1. The molecule has 0 saturated heterocycles. The van der Waals surface area contributed by atoms with Crippen molar-refractivity contribution >= 4 is 18.0 Å². The molecule has 0 aliphatic carbocycles. The molecule has 2 rings (SSSR count). The van der Waals surface area contributed by atoms with Gasteiger partial charge in [0.1, 0.15) is 0 Å². The number of carboxylic acids is 1. The van der Waals surface area contributed by atoms with Gasteiger partial charge in [0.25, 0.3) is 5.91 Å². The molecule has 0 aliphatic heterocycles. The first-order chi connectivity index (χ1) is 9.66. The molecule has 5 heteroatoms. The number of nitrogens with one attached hydrogen (secondary N) is 1. The van der Waals surface area contributed by atoms with Gasteiger partial charge < -0.3 is 15.2 Å². The van der Waals surface area contributed by atoms with Crippen LogP contribution in [0.5, 0.6) is 0 Å². The van der Waals surface area contributed by atoms with Crippen LogP contribution in [-0.4, -0.2) is 16.9 Å². The van der Waals surface area contributed by atoms with Gasteiger partial charge in [0.2, 0.25) is 0 Å². The Hall–Kier alpha value is -2.95. The maximum atomic E-state index is 11.9. The molecule has 0 bridgehead atoms. The monoisotopic (exact) mass is 267 g/mol. The second-order valence-electron chi connectivity index (χ2n) is 3.95. The number of nitrogens with zero attached hydrogens (tertiary/aromatic N) is 1. The molecule has 1 aromatic carbocycles. The molecule has 2 aromatic rings. The molecule has 5 nitrogen and oxygen atoms in total. The quantitative estimate of drug-likeness (QED) is 0.822. The number of rotatable bonds is 4. The van der Waals surface area contributed by atoms with Crippen LogP contribution in [-0.2, 0) is 4.79 Å². The first-order valence-electron chi connectivity index (χ1n) is 5.86. The summed E-state index contributed by atoms with van der Waals surface area (Å²) in [7, 11) is 0. The molecule has 1 amide bonds. The Kier molecular flexibility index (Phi) is 4.24. The molecule has 0 spiro atoms. The first kappa shape index (κ1) is 13.5. The zero-order valence-corrected chi connectivity index (χ0v) is 10.4. The Bertz CT molecular complexity index is 637. The molecule has 0 aliphatic rings. The molecular weight excluding hydrogens is 256 g/mol. The van der Waals surface area contributed by atoms with Gasteiger partial charge in [0, 0.05) is 18.0 Å². The molecule has 1 aromatic heterocycles. The number of amides is 1. The molecule has 1 heterocycles. The van der Waals surface area contributed by atoms with Gasteiger partial charge >= 0.3 is 0 Å². The highest BCUT2D eigenvalue weighted by molar-refractivity contribution is 6.02. The van der Waals surface area contributed by atoms with Crippen molar-refractivity contribution in [2.24, 2.45) is 0 Å². The lowest BCUT2D eigenvalue weighted by Crippen LogP contribution is -2.35. The Morgan fingerprint density at radius 2 is 1.70 bits per heavy atom. The van der Waals surface area contributed by atoms with Crippen LogP contribution in [0.1, 0.15) is 15.9 Å². The number of hydrogen-bond acceptors (Lipinski definition) is 4. The van der Waals surface area contributed by atoms with Crippen molar-refractivity contribution in [2.75, 3.05) is 0 Å². The topological polar surface area (TPSA) is 82.1 Å². The molecule has 0 unspecified atom stereocenters. The fourth-order valence-corrected chi connectivity index (χ4v) is 1.56. The van der Waals surface area contributed by atoms with Gasteiger partial charge in [-0.15, -0.1) is 0 Å². The summed E-state index contributed by atoms with van der Waals surface area (Å²) in [5, 5.41) is 13.4. The Balaban J connectivity index is 2.21. The largest absolute Gasteiger partial charge is 0.543 e. The van der Waals surface area contributed by atoms with Gasteiger partial charge in [-0.25, -0.2) is 0 Å². The maximum Gasteiger partial charge on any atom is 0.255 e. The number of carbonyl (C=O) groups excluding carboxylic acids is 2. The average Bonchev–Trinajstić information content (AvgIpc) is 2.48. The van der Waals surface area contributed by atoms with E-state index in [2.05, 4.69) is 10.3 Å². The van der Waals surface area contributed by atoms with Crippen LogP contribution in [0.25, 0.3) is 6.08 Å². The predicted molar refractivity (Wildman–Crippen MR) is 71.1 cm³/mol. The second-order valence-corrected chi connectivity index (χ2v) is 3.95. The van der Waals surface area contributed by atoms with E-state index in [4.69, 9.17) is 0 Å². The van der Waals surface area contributed by atoms with E-state index in [-0.39, 0.29) is 5.70 Å². The van der Waals surface area contributed by atoms with Gasteiger partial charge in [-0.3, -0.25) is 9.78 Å². The molecular formula is C15H11N2O3-. The van der Waals surface area contributed by atoms with Gasteiger partial charge in [0.05, 0.1) is 11.7 Å². The maximum absolute atomic E-state index is 11.9. The third-order valence-corrected chi connectivity index (χ3v) is 2.52. The van der Waals surface area contributed by atoms with Crippen molar-refractivity contribution in [1.82, 2.24) is 10.3 Å². The van der Waals surface area contributed by atoms with E-state index >= 15 is 0 Å². The standard InChI is InChI=1S/C15H12N2O3/c18-14(12-4-2-1-3-5-12)17-13(15(19)20)10-11-6-8-16-9-7-11/h1-10H,(H,17,18)(H,19,20)/p-1/b13-10-. The lowest BCUT2D eigenvalue weighted by atomic mass is 10.2. The molecule has 0 fully saturated rings. The van der Waals surface area contributed by atoms with Crippen LogP contribution in [0.15, 0.2) is 60.6 Å². The second kappa shape index (κ2) is 6.29. The molecule has 0 atom stereocenters. The van der Waals surface area contributed by atoms with Crippen LogP contribution in [0.4, 0.5) is 0 Å². The minimum Gasteiger partial charge on any atom is -0.543 e. The van der Waals surface area contributed by atoms with Gasteiger partial charge in [-0.05, 0) is 35.9 Å².